The second-order valence-electron chi connectivity index (χ2n) is 6.93. The van der Waals surface area contributed by atoms with E-state index in [1.54, 1.807) is 7.05 Å². The summed E-state index contributed by atoms with van der Waals surface area (Å²) in [5.74, 6) is -3.39. The zero-order chi connectivity index (χ0) is 23.1. The van der Waals surface area contributed by atoms with E-state index in [9.17, 15) is 14.4 Å². The molecule has 0 radical (unpaired) electrons. The normalized spacial score (nSPS) is 28.3. The Hall–Kier alpha value is -1.79. The number of nitrogens with zero attached hydrogens (tertiary/aromatic N) is 1. The minimum atomic E-state index is -1.81. The first-order chi connectivity index (χ1) is 14.1. The van der Waals surface area contributed by atoms with E-state index in [4.69, 9.17) is 33.2 Å². The van der Waals surface area contributed by atoms with E-state index in [2.05, 4.69) is 0 Å². The summed E-state index contributed by atoms with van der Waals surface area (Å²) in [5.41, 5.74) is 0. The molecule has 11 heteroatoms. The van der Waals surface area contributed by atoms with Crippen molar-refractivity contribution in [1.82, 2.24) is 4.90 Å². The molecule has 1 unspecified atom stereocenters. The third-order valence-electron chi connectivity index (χ3n) is 5.20. The molecule has 174 valence electrons. The zero-order valence-electron chi connectivity index (χ0n) is 18.8. The molecule has 6 atom stereocenters. The Morgan fingerprint density at radius 1 is 1.13 bits per heavy atom. The molecule has 1 aliphatic heterocycles. The molecule has 0 spiro atoms. The van der Waals surface area contributed by atoms with Crippen LogP contribution in [0.25, 0.3) is 0 Å². The van der Waals surface area contributed by atoms with Crippen molar-refractivity contribution in [2.45, 2.75) is 56.5 Å². The maximum Gasteiger partial charge on any atom is 0.366 e. The standard InChI is InChI=1S/C19H33NO10/c1-11(21)20(3)15-13(25-5)9-19(28-8,18(23)27-7)30-17(15)16(26-6)14(10-24-4)29-12(2)22/h13-17H,9-10H2,1-8H3/t13-,14+,15+,16+,17+,19?/m0/s1. The molecule has 1 aliphatic rings. The van der Waals surface area contributed by atoms with E-state index in [0.717, 1.165) is 0 Å². The Morgan fingerprint density at radius 2 is 1.77 bits per heavy atom. The van der Waals surface area contributed by atoms with E-state index in [-0.39, 0.29) is 18.9 Å². The van der Waals surface area contributed by atoms with Gasteiger partial charge in [0.15, 0.2) is 6.10 Å². The topological polar surface area (TPSA) is 119 Å². The van der Waals surface area contributed by atoms with Crippen molar-refractivity contribution < 1.29 is 47.5 Å². The number of carbonyl (C=O) groups is 3. The molecule has 0 aromatic rings. The monoisotopic (exact) mass is 435 g/mol. The lowest BCUT2D eigenvalue weighted by Crippen LogP contribution is -2.68. The highest BCUT2D eigenvalue weighted by atomic mass is 16.7. The van der Waals surface area contributed by atoms with Crippen molar-refractivity contribution in [3.63, 3.8) is 0 Å². The SMILES string of the molecule is COC[C@@H](OC(C)=O)[C@@H](OC)[C@@H]1OC(OC)(C(=O)OC)C[C@H](OC)[C@H]1N(C)C(C)=O. The molecule has 1 rings (SSSR count). The number of carbonyl (C=O) groups excluding carboxylic acids is 3. The third-order valence-corrected chi connectivity index (χ3v) is 5.20. The van der Waals surface area contributed by atoms with Gasteiger partial charge >= 0.3 is 11.9 Å². The molecular weight excluding hydrogens is 402 g/mol. The molecule has 1 amide bonds. The highest BCUT2D eigenvalue weighted by Crippen LogP contribution is 2.37. The lowest BCUT2D eigenvalue weighted by atomic mass is 9.87. The van der Waals surface area contributed by atoms with E-state index in [1.807, 2.05) is 0 Å². The van der Waals surface area contributed by atoms with Crippen LogP contribution in [0, 0.1) is 0 Å². The molecule has 11 nitrogen and oxygen atoms in total. The van der Waals surface area contributed by atoms with Crippen LogP contribution in [0.1, 0.15) is 20.3 Å². The van der Waals surface area contributed by atoms with Crippen LogP contribution in [0.15, 0.2) is 0 Å². The van der Waals surface area contributed by atoms with E-state index < -0.39 is 48.2 Å². The molecule has 30 heavy (non-hydrogen) atoms. The fraction of sp³-hybridized carbons (Fsp3) is 0.842. The quantitative estimate of drug-likeness (QED) is 0.425. The summed E-state index contributed by atoms with van der Waals surface area (Å²) in [6, 6.07) is -0.694. The molecule has 1 fully saturated rings. The van der Waals surface area contributed by atoms with E-state index in [1.165, 1.54) is 54.3 Å². The molecule has 0 bridgehead atoms. The summed E-state index contributed by atoms with van der Waals surface area (Å²) in [5, 5.41) is 0. The van der Waals surface area contributed by atoms with Crippen molar-refractivity contribution in [3.8, 4) is 0 Å². The number of likely N-dealkylation sites (N-methyl/N-ethyl adjacent to an activating group) is 1. The van der Waals surface area contributed by atoms with Crippen LogP contribution < -0.4 is 0 Å². The number of amides is 1. The van der Waals surface area contributed by atoms with Gasteiger partial charge in [-0.05, 0) is 0 Å². The molecule has 0 aromatic carbocycles. The summed E-state index contributed by atoms with van der Waals surface area (Å²) in [7, 11) is 8.38. The second kappa shape index (κ2) is 11.6. The predicted octanol–water partition coefficient (Wildman–Crippen LogP) is -0.254. The van der Waals surface area contributed by atoms with Gasteiger partial charge in [0.05, 0.1) is 25.9 Å². The summed E-state index contributed by atoms with van der Waals surface area (Å²) in [6.45, 7) is 2.63. The smallest absolute Gasteiger partial charge is 0.366 e. The fourth-order valence-corrected chi connectivity index (χ4v) is 3.67. The summed E-state index contributed by atoms with van der Waals surface area (Å²) >= 11 is 0. The van der Waals surface area contributed by atoms with Crippen LogP contribution in [-0.2, 0) is 47.5 Å². The largest absolute Gasteiger partial charge is 0.465 e. The molecule has 0 saturated carbocycles. The highest BCUT2D eigenvalue weighted by molar-refractivity contribution is 5.78. The van der Waals surface area contributed by atoms with Gasteiger partial charge in [-0.3, -0.25) is 9.59 Å². The van der Waals surface area contributed by atoms with Crippen LogP contribution in [0.4, 0.5) is 0 Å². The van der Waals surface area contributed by atoms with Crippen molar-refractivity contribution in [3.05, 3.63) is 0 Å². The molecule has 1 saturated heterocycles. The Bertz CT molecular complexity index is 600. The first kappa shape index (κ1) is 26.2. The Labute approximate surface area is 176 Å². The minimum Gasteiger partial charge on any atom is -0.465 e. The average Bonchev–Trinajstić information content (AvgIpc) is 2.71. The number of rotatable bonds is 10. The summed E-state index contributed by atoms with van der Waals surface area (Å²) in [6.07, 6.45) is -3.55. The average molecular weight is 435 g/mol. The summed E-state index contributed by atoms with van der Waals surface area (Å²) in [4.78, 5) is 37.8. The third kappa shape index (κ3) is 5.67. The van der Waals surface area contributed by atoms with Gasteiger partial charge in [-0.1, -0.05) is 0 Å². The Morgan fingerprint density at radius 3 is 2.17 bits per heavy atom. The second-order valence-corrected chi connectivity index (χ2v) is 6.93. The van der Waals surface area contributed by atoms with Gasteiger partial charge in [-0.25, -0.2) is 4.79 Å². The van der Waals surface area contributed by atoms with Gasteiger partial charge in [0.25, 0.3) is 5.79 Å². The summed E-state index contributed by atoms with van der Waals surface area (Å²) < 4.78 is 38.2. The molecule has 0 aliphatic carbocycles. The Balaban J connectivity index is 3.54. The van der Waals surface area contributed by atoms with Crippen molar-refractivity contribution in [2.24, 2.45) is 0 Å². The molecular formula is C19H33NO10. The van der Waals surface area contributed by atoms with Crippen LogP contribution >= 0.6 is 0 Å². The van der Waals surface area contributed by atoms with Gasteiger partial charge in [0.2, 0.25) is 5.91 Å². The zero-order valence-corrected chi connectivity index (χ0v) is 18.8. The number of hydrogen-bond donors (Lipinski definition) is 0. The maximum atomic E-state index is 12.6. The highest BCUT2D eigenvalue weighted by Gasteiger charge is 2.58. The predicted molar refractivity (Wildman–Crippen MR) is 103 cm³/mol. The lowest BCUT2D eigenvalue weighted by molar-refractivity contribution is -0.315. The van der Waals surface area contributed by atoms with Gasteiger partial charge in [-0.15, -0.1) is 0 Å². The first-order valence-corrected chi connectivity index (χ1v) is 9.38. The van der Waals surface area contributed by atoms with Crippen LogP contribution in [0.2, 0.25) is 0 Å². The van der Waals surface area contributed by atoms with Gasteiger partial charge < -0.3 is 38.1 Å². The Kier molecular flexibility index (Phi) is 10.1. The molecule has 0 aromatic heterocycles. The molecule has 0 N–H and O–H groups in total. The minimum absolute atomic E-state index is 0.00962. The van der Waals surface area contributed by atoms with Gasteiger partial charge in [0.1, 0.15) is 12.2 Å². The van der Waals surface area contributed by atoms with Crippen molar-refractivity contribution in [2.75, 3.05) is 49.2 Å². The van der Waals surface area contributed by atoms with Gasteiger partial charge in [0, 0.05) is 55.8 Å². The van der Waals surface area contributed by atoms with E-state index >= 15 is 0 Å². The number of methoxy groups -OCH3 is 5. The van der Waals surface area contributed by atoms with Gasteiger partial charge in [-0.2, -0.15) is 0 Å². The number of hydrogen-bond acceptors (Lipinski definition) is 10. The van der Waals surface area contributed by atoms with Crippen LogP contribution in [0.3, 0.4) is 0 Å². The molecule has 1 heterocycles. The fourth-order valence-electron chi connectivity index (χ4n) is 3.67. The number of ether oxygens (including phenoxy) is 7. The maximum absolute atomic E-state index is 12.6. The number of esters is 2. The first-order valence-electron chi connectivity index (χ1n) is 9.38. The van der Waals surface area contributed by atoms with Crippen molar-refractivity contribution in [1.29, 1.82) is 0 Å². The van der Waals surface area contributed by atoms with Crippen LogP contribution in [-0.4, -0.2) is 108 Å². The lowest BCUT2D eigenvalue weighted by Gasteiger charge is -2.50. The van der Waals surface area contributed by atoms with E-state index in [0.29, 0.717) is 0 Å². The van der Waals surface area contributed by atoms with Crippen LogP contribution in [0.5, 0.6) is 0 Å². The van der Waals surface area contributed by atoms with Crippen molar-refractivity contribution >= 4 is 17.8 Å².